The molecule has 0 spiro atoms. The summed E-state index contributed by atoms with van der Waals surface area (Å²) in [5.41, 5.74) is 1.40. The van der Waals surface area contributed by atoms with E-state index in [4.69, 9.17) is 25.8 Å². The molecule has 0 radical (unpaired) electrons. The number of amides is 1. The molecule has 0 bridgehead atoms. The number of nitrogens with zero attached hydrogens (tertiary/aromatic N) is 2. The van der Waals surface area contributed by atoms with Gasteiger partial charge in [-0.15, -0.1) is 0 Å². The van der Waals surface area contributed by atoms with Crippen LogP contribution in [0.25, 0.3) is 5.76 Å². The molecule has 0 saturated carbocycles. The summed E-state index contributed by atoms with van der Waals surface area (Å²) >= 11 is 6.21. The molecule has 35 heavy (non-hydrogen) atoms. The molecule has 1 aliphatic heterocycles. The van der Waals surface area contributed by atoms with Gasteiger partial charge in [-0.3, -0.25) is 14.6 Å². The van der Waals surface area contributed by atoms with Crippen molar-refractivity contribution in [3.63, 3.8) is 0 Å². The van der Waals surface area contributed by atoms with Crippen LogP contribution in [0.15, 0.2) is 66.5 Å². The number of methoxy groups -OCH3 is 3. The van der Waals surface area contributed by atoms with Crippen LogP contribution in [0.1, 0.15) is 22.7 Å². The van der Waals surface area contributed by atoms with Crippen molar-refractivity contribution in [3.8, 4) is 17.2 Å². The molecule has 1 fully saturated rings. The van der Waals surface area contributed by atoms with Crippen LogP contribution < -0.4 is 14.2 Å². The quantitative estimate of drug-likeness (QED) is 0.295. The van der Waals surface area contributed by atoms with Crippen molar-refractivity contribution in [2.45, 2.75) is 12.6 Å². The van der Waals surface area contributed by atoms with Gasteiger partial charge in [-0.2, -0.15) is 0 Å². The summed E-state index contributed by atoms with van der Waals surface area (Å²) in [5.74, 6) is -0.906. The van der Waals surface area contributed by atoms with Crippen molar-refractivity contribution in [2.24, 2.45) is 0 Å². The second kappa shape index (κ2) is 10.1. The van der Waals surface area contributed by atoms with Gasteiger partial charge in [-0.05, 0) is 29.8 Å². The second-order valence-electron chi connectivity index (χ2n) is 7.71. The third-order valence-electron chi connectivity index (χ3n) is 5.82. The molecule has 1 amide bonds. The smallest absolute Gasteiger partial charge is 0.295 e. The first kappa shape index (κ1) is 24.1. The standard InChI is InChI=1S/C26H23ClN2O6/c1-33-19-7-5-4-6-16(19)14-29-23(15-8-10-28-11-9-15)22(25(31)26(29)32)24(30)17-12-21(35-3)18(27)13-20(17)34-2/h4-13,23,30H,14H2,1-3H3/b24-22+. The normalized spacial score (nSPS) is 16.9. The fourth-order valence-corrected chi connectivity index (χ4v) is 4.37. The number of hydrogen-bond donors (Lipinski definition) is 1. The minimum atomic E-state index is -0.880. The highest BCUT2D eigenvalue weighted by molar-refractivity contribution is 6.46. The Hall–Kier alpha value is -4.04. The number of halogens is 1. The molecule has 4 rings (SSSR count). The molecule has 1 saturated heterocycles. The van der Waals surface area contributed by atoms with Crippen LogP contribution in [0.2, 0.25) is 5.02 Å². The average molecular weight is 495 g/mol. The Morgan fingerprint density at radius 1 is 0.971 bits per heavy atom. The lowest BCUT2D eigenvalue weighted by Crippen LogP contribution is -2.29. The molecule has 1 aliphatic rings. The predicted molar refractivity (Wildman–Crippen MR) is 130 cm³/mol. The lowest BCUT2D eigenvalue weighted by molar-refractivity contribution is -0.140. The van der Waals surface area contributed by atoms with Gasteiger partial charge in [0.25, 0.3) is 11.7 Å². The number of aliphatic hydroxyl groups excluding tert-OH is 1. The van der Waals surface area contributed by atoms with E-state index in [0.717, 1.165) is 0 Å². The Labute approximate surface area is 207 Å². The van der Waals surface area contributed by atoms with Crippen LogP contribution in [0.3, 0.4) is 0 Å². The van der Waals surface area contributed by atoms with E-state index >= 15 is 0 Å². The van der Waals surface area contributed by atoms with Crippen LogP contribution in [-0.4, -0.2) is 48.0 Å². The van der Waals surface area contributed by atoms with Gasteiger partial charge in [-0.25, -0.2) is 0 Å². The van der Waals surface area contributed by atoms with Crippen molar-refractivity contribution in [1.82, 2.24) is 9.88 Å². The van der Waals surface area contributed by atoms with Gasteiger partial charge in [0.05, 0.1) is 50.1 Å². The summed E-state index contributed by atoms with van der Waals surface area (Å²) < 4.78 is 16.1. The molecule has 3 aromatic rings. The first-order valence-electron chi connectivity index (χ1n) is 10.6. The number of aliphatic hydroxyl groups is 1. The summed E-state index contributed by atoms with van der Waals surface area (Å²) in [4.78, 5) is 32.0. The minimum absolute atomic E-state index is 0.0828. The molecule has 1 unspecified atom stereocenters. The number of Topliss-reactive ketones (excluding diaryl/α,β-unsaturated/α-hetero) is 1. The topological polar surface area (TPSA) is 98.2 Å². The Balaban J connectivity index is 1.92. The average Bonchev–Trinajstić information content (AvgIpc) is 3.13. The molecule has 8 nitrogen and oxygen atoms in total. The van der Waals surface area contributed by atoms with Crippen LogP contribution >= 0.6 is 11.6 Å². The molecule has 180 valence electrons. The van der Waals surface area contributed by atoms with Crippen LogP contribution in [0.5, 0.6) is 17.2 Å². The highest BCUT2D eigenvalue weighted by Crippen LogP contribution is 2.43. The molecule has 2 heterocycles. The van der Waals surface area contributed by atoms with Crippen LogP contribution in [0.4, 0.5) is 0 Å². The number of benzene rings is 2. The van der Waals surface area contributed by atoms with Crippen molar-refractivity contribution in [2.75, 3.05) is 21.3 Å². The van der Waals surface area contributed by atoms with Crippen LogP contribution in [0, 0.1) is 0 Å². The van der Waals surface area contributed by atoms with Gasteiger partial charge in [0.15, 0.2) is 0 Å². The number of pyridine rings is 1. The maximum Gasteiger partial charge on any atom is 0.295 e. The molecular weight excluding hydrogens is 472 g/mol. The van der Waals surface area contributed by atoms with E-state index in [-0.39, 0.29) is 34.2 Å². The van der Waals surface area contributed by atoms with Gasteiger partial charge in [0.2, 0.25) is 0 Å². The van der Waals surface area contributed by atoms with E-state index in [9.17, 15) is 14.7 Å². The highest BCUT2D eigenvalue weighted by atomic mass is 35.5. The van der Waals surface area contributed by atoms with Crippen molar-refractivity contribution < 1.29 is 28.9 Å². The Kier molecular flexibility index (Phi) is 6.93. The number of carbonyl (C=O) groups is 2. The number of hydrogen-bond acceptors (Lipinski definition) is 7. The van der Waals surface area contributed by atoms with Gasteiger partial charge in [0.1, 0.15) is 23.0 Å². The maximum atomic E-state index is 13.3. The van der Waals surface area contributed by atoms with E-state index in [1.54, 1.807) is 30.6 Å². The SMILES string of the molecule is COc1cc(/C(O)=C2\C(=O)C(=O)N(Cc3ccccc3OC)C2c2ccncc2)c(OC)cc1Cl. The van der Waals surface area contributed by atoms with E-state index in [2.05, 4.69) is 4.98 Å². The van der Waals surface area contributed by atoms with Gasteiger partial charge < -0.3 is 24.2 Å². The maximum absolute atomic E-state index is 13.3. The minimum Gasteiger partial charge on any atom is -0.507 e. The summed E-state index contributed by atoms with van der Waals surface area (Å²) in [5, 5.41) is 11.7. The number of ether oxygens (including phenoxy) is 3. The number of aromatic nitrogens is 1. The first-order chi connectivity index (χ1) is 16.9. The van der Waals surface area contributed by atoms with Crippen molar-refractivity contribution in [3.05, 3.63) is 88.2 Å². The first-order valence-corrected chi connectivity index (χ1v) is 11.0. The van der Waals surface area contributed by atoms with E-state index in [0.29, 0.717) is 16.9 Å². The lowest BCUT2D eigenvalue weighted by atomic mass is 9.95. The molecule has 1 aromatic heterocycles. The van der Waals surface area contributed by atoms with Gasteiger partial charge in [0, 0.05) is 24.0 Å². The number of likely N-dealkylation sites (tertiary alicyclic amines) is 1. The molecule has 1 atom stereocenters. The Bertz CT molecular complexity index is 1310. The Morgan fingerprint density at radius 2 is 1.63 bits per heavy atom. The van der Waals surface area contributed by atoms with Crippen molar-refractivity contribution in [1.29, 1.82) is 0 Å². The zero-order valence-corrected chi connectivity index (χ0v) is 20.1. The monoisotopic (exact) mass is 494 g/mol. The summed E-state index contributed by atoms with van der Waals surface area (Å²) in [7, 11) is 4.38. The van der Waals surface area contributed by atoms with Crippen molar-refractivity contribution >= 4 is 29.1 Å². The predicted octanol–water partition coefficient (Wildman–Crippen LogP) is 4.38. The number of carbonyl (C=O) groups excluding carboxylic acids is 2. The zero-order valence-electron chi connectivity index (χ0n) is 19.3. The zero-order chi connectivity index (χ0) is 25.1. The lowest BCUT2D eigenvalue weighted by Gasteiger charge is -2.26. The van der Waals surface area contributed by atoms with Gasteiger partial charge >= 0.3 is 0 Å². The molecular formula is C26H23ClN2O6. The third kappa shape index (κ3) is 4.40. The van der Waals surface area contributed by atoms with E-state index in [1.165, 1.54) is 38.4 Å². The van der Waals surface area contributed by atoms with Gasteiger partial charge in [-0.1, -0.05) is 29.8 Å². The fraction of sp³-hybridized carbons (Fsp3) is 0.192. The highest BCUT2D eigenvalue weighted by Gasteiger charge is 2.46. The molecule has 2 aromatic carbocycles. The summed E-state index contributed by atoms with van der Waals surface area (Å²) in [6, 6.07) is 12.7. The summed E-state index contributed by atoms with van der Waals surface area (Å²) in [6.45, 7) is 0.0828. The fourth-order valence-electron chi connectivity index (χ4n) is 4.14. The van der Waals surface area contributed by atoms with Crippen LogP contribution in [-0.2, 0) is 16.1 Å². The van der Waals surface area contributed by atoms with E-state index < -0.39 is 23.5 Å². The van der Waals surface area contributed by atoms with E-state index in [1.807, 2.05) is 18.2 Å². The number of ketones is 1. The second-order valence-corrected chi connectivity index (χ2v) is 8.11. The molecule has 9 heteroatoms. The molecule has 0 aliphatic carbocycles. The number of rotatable bonds is 7. The third-order valence-corrected chi connectivity index (χ3v) is 6.12. The summed E-state index contributed by atoms with van der Waals surface area (Å²) in [6.07, 6.45) is 3.12. The number of para-hydroxylation sites is 1. The molecule has 1 N–H and O–H groups in total. The Morgan fingerprint density at radius 3 is 2.29 bits per heavy atom. The largest absolute Gasteiger partial charge is 0.507 e.